The highest BCUT2D eigenvalue weighted by Gasteiger charge is 2.06. The fourth-order valence-electron chi connectivity index (χ4n) is 1.11. The smallest absolute Gasteiger partial charge is 0.264 e. The number of nitrogens with zero attached hydrogens (tertiary/aromatic N) is 3. The SMILES string of the molecule is O=C(N/N=C\c1ccccc1Cl)c1ncn[nH]1. The monoisotopic (exact) mass is 249 g/mol. The molecule has 1 aromatic heterocycles. The lowest BCUT2D eigenvalue weighted by atomic mass is 10.2. The summed E-state index contributed by atoms with van der Waals surface area (Å²) < 4.78 is 0. The van der Waals surface area contributed by atoms with Crippen molar-refractivity contribution in [1.29, 1.82) is 0 Å². The summed E-state index contributed by atoms with van der Waals surface area (Å²) in [4.78, 5) is 15.1. The number of H-pyrrole nitrogens is 1. The highest BCUT2D eigenvalue weighted by Crippen LogP contribution is 2.11. The summed E-state index contributed by atoms with van der Waals surface area (Å²) >= 11 is 5.91. The number of carbonyl (C=O) groups excluding carboxylic acids is 1. The summed E-state index contributed by atoms with van der Waals surface area (Å²) in [5.41, 5.74) is 3.01. The minimum Gasteiger partial charge on any atom is -0.264 e. The van der Waals surface area contributed by atoms with Gasteiger partial charge in [-0.1, -0.05) is 29.8 Å². The highest BCUT2D eigenvalue weighted by atomic mass is 35.5. The van der Waals surface area contributed by atoms with Crippen LogP contribution in [0.15, 0.2) is 35.7 Å². The van der Waals surface area contributed by atoms with E-state index in [1.165, 1.54) is 12.5 Å². The van der Waals surface area contributed by atoms with Crippen LogP contribution in [-0.2, 0) is 0 Å². The predicted octanol–water partition coefficient (Wildman–Crippen LogP) is 1.22. The molecule has 1 amide bonds. The van der Waals surface area contributed by atoms with Gasteiger partial charge in [-0.05, 0) is 6.07 Å². The molecule has 0 fully saturated rings. The van der Waals surface area contributed by atoms with Crippen molar-refractivity contribution >= 4 is 23.7 Å². The van der Waals surface area contributed by atoms with E-state index in [9.17, 15) is 4.79 Å². The molecule has 1 heterocycles. The van der Waals surface area contributed by atoms with E-state index in [4.69, 9.17) is 11.6 Å². The van der Waals surface area contributed by atoms with Crippen molar-refractivity contribution in [3.05, 3.63) is 47.0 Å². The maximum Gasteiger partial charge on any atom is 0.308 e. The Morgan fingerprint density at radius 3 is 3.00 bits per heavy atom. The van der Waals surface area contributed by atoms with Crippen molar-refractivity contribution < 1.29 is 4.79 Å². The normalized spacial score (nSPS) is 10.6. The van der Waals surface area contributed by atoms with Gasteiger partial charge in [0.1, 0.15) is 6.33 Å². The number of aromatic amines is 1. The third-order valence-corrected chi connectivity index (χ3v) is 2.25. The van der Waals surface area contributed by atoms with E-state index in [0.717, 1.165) is 0 Å². The molecule has 0 radical (unpaired) electrons. The van der Waals surface area contributed by atoms with E-state index in [2.05, 4.69) is 25.7 Å². The molecular weight excluding hydrogens is 242 g/mol. The Labute approximate surface area is 102 Å². The zero-order valence-electron chi connectivity index (χ0n) is 8.59. The van der Waals surface area contributed by atoms with Gasteiger partial charge in [0.15, 0.2) is 0 Å². The first kappa shape index (κ1) is 11.3. The van der Waals surface area contributed by atoms with E-state index < -0.39 is 5.91 Å². The van der Waals surface area contributed by atoms with Crippen LogP contribution in [0.25, 0.3) is 0 Å². The van der Waals surface area contributed by atoms with E-state index in [-0.39, 0.29) is 5.82 Å². The molecule has 1 aromatic carbocycles. The largest absolute Gasteiger partial charge is 0.308 e. The number of amides is 1. The molecule has 0 atom stereocenters. The summed E-state index contributed by atoms with van der Waals surface area (Å²) in [5, 5.41) is 10.3. The van der Waals surface area contributed by atoms with Crippen LogP contribution in [0.2, 0.25) is 5.02 Å². The Balaban J connectivity index is 1.99. The Hall–Kier alpha value is -2.21. The zero-order chi connectivity index (χ0) is 12.1. The van der Waals surface area contributed by atoms with Gasteiger partial charge in [-0.3, -0.25) is 9.89 Å². The maximum absolute atomic E-state index is 11.4. The van der Waals surface area contributed by atoms with Crippen LogP contribution < -0.4 is 5.43 Å². The van der Waals surface area contributed by atoms with Crippen LogP contribution in [0.4, 0.5) is 0 Å². The Bertz CT molecular complexity index is 537. The highest BCUT2D eigenvalue weighted by molar-refractivity contribution is 6.33. The Morgan fingerprint density at radius 2 is 2.29 bits per heavy atom. The molecule has 0 spiro atoms. The number of rotatable bonds is 3. The predicted molar refractivity (Wildman–Crippen MR) is 62.9 cm³/mol. The summed E-state index contributed by atoms with van der Waals surface area (Å²) in [5.74, 6) is -0.368. The molecule has 0 aliphatic rings. The Morgan fingerprint density at radius 1 is 1.47 bits per heavy atom. The lowest BCUT2D eigenvalue weighted by molar-refractivity contribution is 0.0945. The van der Waals surface area contributed by atoms with Crippen molar-refractivity contribution in [2.24, 2.45) is 5.10 Å². The van der Waals surface area contributed by atoms with Gasteiger partial charge in [0.05, 0.1) is 6.21 Å². The first-order chi connectivity index (χ1) is 8.27. The number of hydrogen-bond donors (Lipinski definition) is 2. The van der Waals surface area contributed by atoms with Gasteiger partial charge in [-0.15, -0.1) is 0 Å². The molecule has 0 aliphatic carbocycles. The lowest BCUT2D eigenvalue weighted by Gasteiger charge is -1.96. The second-order valence-electron chi connectivity index (χ2n) is 3.05. The van der Waals surface area contributed by atoms with Gasteiger partial charge in [0.25, 0.3) is 0 Å². The first-order valence-corrected chi connectivity index (χ1v) is 5.08. The van der Waals surface area contributed by atoms with Gasteiger partial charge >= 0.3 is 5.91 Å². The standard InChI is InChI=1S/C10H8ClN5O/c11-8-4-2-1-3-7(8)5-13-16-10(17)9-12-6-14-15-9/h1-6H,(H,16,17)(H,12,14,15)/b13-5-. The number of aromatic nitrogens is 3. The van der Waals surface area contributed by atoms with Crippen LogP contribution in [0.1, 0.15) is 16.2 Å². The molecule has 0 unspecified atom stereocenters. The molecule has 0 bridgehead atoms. The summed E-state index contributed by atoms with van der Waals surface area (Å²) in [6.45, 7) is 0. The molecule has 2 N–H and O–H groups in total. The molecule has 2 aromatic rings. The van der Waals surface area contributed by atoms with Crippen LogP contribution in [-0.4, -0.2) is 27.3 Å². The molecule has 17 heavy (non-hydrogen) atoms. The first-order valence-electron chi connectivity index (χ1n) is 4.70. The lowest BCUT2D eigenvalue weighted by Crippen LogP contribution is -2.19. The molecular formula is C10H8ClN5O. The van der Waals surface area contributed by atoms with Gasteiger partial charge < -0.3 is 0 Å². The third kappa shape index (κ3) is 2.88. The van der Waals surface area contributed by atoms with Gasteiger partial charge in [0, 0.05) is 10.6 Å². The van der Waals surface area contributed by atoms with E-state index in [0.29, 0.717) is 10.6 Å². The summed E-state index contributed by atoms with van der Waals surface area (Å²) in [7, 11) is 0. The summed E-state index contributed by atoms with van der Waals surface area (Å²) in [6.07, 6.45) is 2.70. The Kier molecular flexibility index (Phi) is 3.46. The van der Waals surface area contributed by atoms with Gasteiger partial charge in [0.2, 0.25) is 5.82 Å². The van der Waals surface area contributed by atoms with Crippen molar-refractivity contribution in [3.63, 3.8) is 0 Å². The van der Waals surface area contributed by atoms with Gasteiger partial charge in [-0.25, -0.2) is 10.4 Å². The number of nitrogens with one attached hydrogen (secondary N) is 2. The van der Waals surface area contributed by atoms with Crippen LogP contribution in [0, 0.1) is 0 Å². The number of halogens is 1. The van der Waals surface area contributed by atoms with Crippen LogP contribution in [0.5, 0.6) is 0 Å². The quantitative estimate of drug-likeness (QED) is 0.634. The van der Waals surface area contributed by atoms with Crippen molar-refractivity contribution in [2.45, 2.75) is 0 Å². The average Bonchev–Trinajstić information content (AvgIpc) is 2.85. The average molecular weight is 250 g/mol. The fourth-order valence-corrected chi connectivity index (χ4v) is 1.29. The van der Waals surface area contributed by atoms with E-state index in [1.807, 2.05) is 12.1 Å². The van der Waals surface area contributed by atoms with E-state index in [1.54, 1.807) is 12.1 Å². The molecule has 7 heteroatoms. The van der Waals surface area contributed by atoms with Gasteiger partial charge in [-0.2, -0.15) is 10.2 Å². The molecule has 0 saturated heterocycles. The number of benzene rings is 1. The molecule has 0 aliphatic heterocycles. The molecule has 6 nitrogen and oxygen atoms in total. The number of carbonyl (C=O) groups is 1. The maximum atomic E-state index is 11.4. The molecule has 2 rings (SSSR count). The van der Waals surface area contributed by atoms with Crippen LogP contribution in [0.3, 0.4) is 0 Å². The van der Waals surface area contributed by atoms with Crippen LogP contribution >= 0.6 is 11.6 Å². The minimum atomic E-state index is -0.467. The second-order valence-corrected chi connectivity index (χ2v) is 3.46. The van der Waals surface area contributed by atoms with E-state index >= 15 is 0 Å². The number of hydrazone groups is 1. The van der Waals surface area contributed by atoms with Crippen molar-refractivity contribution in [3.8, 4) is 0 Å². The topological polar surface area (TPSA) is 83.0 Å². The fraction of sp³-hybridized carbons (Fsp3) is 0. The molecule has 0 saturated carbocycles. The zero-order valence-corrected chi connectivity index (χ0v) is 9.35. The van der Waals surface area contributed by atoms with Crippen molar-refractivity contribution in [2.75, 3.05) is 0 Å². The summed E-state index contributed by atoms with van der Waals surface area (Å²) in [6, 6.07) is 7.16. The number of hydrogen-bond acceptors (Lipinski definition) is 4. The minimum absolute atomic E-state index is 0.0984. The molecule has 86 valence electrons. The van der Waals surface area contributed by atoms with Crippen molar-refractivity contribution in [1.82, 2.24) is 20.6 Å². The third-order valence-electron chi connectivity index (χ3n) is 1.91. The second kappa shape index (κ2) is 5.22.